The molecule has 0 saturated carbocycles. The molecule has 2 aromatic heterocycles. The number of nitrogens with zero attached hydrogens (tertiary/aromatic N) is 3. The van der Waals surface area contributed by atoms with Crippen LogP contribution in [0.4, 0.5) is 0 Å². The Morgan fingerprint density at radius 3 is 2.72 bits per heavy atom. The average molecular weight is 415 g/mol. The Kier molecular flexibility index (Phi) is 6.32. The van der Waals surface area contributed by atoms with Crippen LogP contribution in [0.15, 0.2) is 45.1 Å². The summed E-state index contributed by atoms with van der Waals surface area (Å²) in [6.07, 6.45) is 0.189. The first-order chi connectivity index (χ1) is 13.9. The maximum Gasteiger partial charge on any atom is 0.325 e. The number of ether oxygens (including phenoxy) is 1. The lowest BCUT2D eigenvalue weighted by molar-refractivity contribution is -0.142. The molecule has 10 heteroatoms. The van der Waals surface area contributed by atoms with Crippen LogP contribution in [0.2, 0.25) is 0 Å². The molecule has 0 fully saturated rings. The summed E-state index contributed by atoms with van der Waals surface area (Å²) in [5.74, 6) is 0.187. The van der Waals surface area contributed by atoms with Gasteiger partial charge in [0.2, 0.25) is 0 Å². The molecule has 0 spiro atoms. The molecule has 1 aromatic carbocycles. The predicted octanol–water partition coefficient (Wildman–Crippen LogP) is 1.59. The minimum absolute atomic E-state index is 0.189. The van der Waals surface area contributed by atoms with Crippen LogP contribution in [-0.2, 0) is 16.0 Å². The highest BCUT2D eigenvalue weighted by Crippen LogP contribution is 2.27. The van der Waals surface area contributed by atoms with Crippen molar-refractivity contribution in [3.8, 4) is 5.69 Å². The summed E-state index contributed by atoms with van der Waals surface area (Å²) in [4.78, 5) is 40.0. The van der Waals surface area contributed by atoms with Gasteiger partial charge in [-0.2, -0.15) is 0 Å². The number of H-pyrrole nitrogens is 2. The average Bonchev–Trinajstić information content (AvgIpc) is 3.03. The number of hydrogen-bond donors (Lipinski definition) is 2. The number of aryl methyl sites for hydroxylation is 1. The molecule has 0 saturated heterocycles. The Labute approximate surface area is 170 Å². The Balaban J connectivity index is 2.02. The summed E-state index contributed by atoms with van der Waals surface area (Å²) in [5.41, 5.74) is 1.20. The molecule has 3 rings (SSSR count). The highest BCUT2D eigenvalue weighted by atomic mass is 32.2. The van der Waals surface area contributed by atoms with Gasteiger partial charge in [-0.05, 0) is 38.5 Å². The third-order valence-corrected chi connectivity index (χ3v) is 5.05. The standard InChI is InChI=1S/C19H21N5O4S/c1-4-28-17(26)12(3)29-19-23-22-15(9-13-10-16(25)21-18(27)20-13)24(19)14-7-5-6-11(2)8-14/h5-8,10,12H,4,9H2,1-3H3,(H2,20,21,25,27). The zero-order valence-electron chi connectivity index (χ0n) is 16.3. The second kappa shape index (κ2) is 8.91. The molecule has 0 bridgehead atoms. The highest BCUT2D eigenvalue weighted by molar-refractivity contribution is 8.00. The number of carbonyl (C=O) groups excluding carboxylic acids is 1. The molecule has 1 atom stereocenters. The van der Waals surface area contributed by atoms with Crippen molar-refractivity contribution in [3.63, 3.8) is 0 Å². The van der Waals surface area contributed by atoms with Crippen molar-refractivity contribution in [2.24, 2.45) is 0 Å². The van der Waals surface area contributed by atoms with Crippen molar-refractivity contribution in [2.45, 2.75) is 37.6 Å². The fraction of sp³-hybridized carbons (Fsp3) is 0.316. The second-order valence-electron chi connectivity index (χ2n) is 6.38. The molecule has 29 heavy (non-hydrogen) atoms. The molecule has 0 aliphatic heterocycles. The first-order valence-corrected chi connectivity index (χ1v) is 9.92. The molecule has 9 nitrogen and oxygen atoms in total. The summed E-state index contributed by atoms with van der Waals surface area (Å²) in [6.45, 7) is 5.77. The number of thioether (sulfide) groups is 1. The van der Waals surface area contributed by atoms with Gasteiger partial charge in [0.25, 0.3) is 5.56 Å². The van der Waals surface area contributed by atoms with Gasteiger partial charge >= 0.3 is 11.7 Å². The topological polar surface area (TPSA) is 123 Å². The molecular formula is C19H21N5O4S. The van der Waals surface area contributed by atoms with E-state index in [0.717, 1.165) is 11.3 Å². The summed E-state index contributed by atoms with van der Waals surface area (Å²) in [7, 11) is 0. The smallest absolute Gasteiger partial charge is 0.325 e. The Morgan fingerprint density at radius 2 is 2.03 bits per heavy atom. The third-order valence-electron chi connectivity index (χ3n) is 4.03. The minimum Gasteiger partial charge on any atom is -0.465 e. The monoisotopic (exact) mass is 415 g/mol. The molecule has 0 aliphatic carbocycles. The fourth-order valence-corrected chi connectivity index (χ4v) is 3.65. The van der Waals surface area contributed by atoms with E-state index in [9.17, 15) is 14.4 Å². The maximum atomic E-state index is 12.0. The van der Waals surface area contributed by atoms with E-state index in [2.05, 4.69) is 20.2 Å². The number of carbonyl (C=O) groups is 1. The third kappa shape index (κ3) is 5.02. The molecule has 0 aliphatic rings. The van der Waals surface area contributed by atoms with Gasteiger partial charge in [0.1, 0.15) is 11.1 Å². The van der Waals surface area contributed by atoms with Gasteiger partial charge in [0.15, 0.2) is 5.16 Å². The van der Waals surface area contributed by atoms with E-state index >= 15 is 0 Å². The van der Waals surface area contributed by atoms with E-state index < -0.39 is 16.5 Å². The largest absolute Gasteiger partial charge is 0.465 e. The zero-order valence-corrected chi connectivity index (χ0v) is 17.1. The number of aromatic amines is 2. The zero-order chi connectivity index (χ0) is 21.0. The normalized spacial score (nSPS) is 12.0. The van der Waals surface area contributed by atoms with E-state index in [-0.39, 0.29) is 12.4 Å². The second-order valence-corrected chi connectivity index (χ2v) is 7.68. The van der Waals surface area contributed by atoms with Crippen molar-refractivity contribution in [1.29, 1.82) is 0 Å². The highest BCUT2D eigenvalue weighted by Gasteiger charge is 2.22. The predicted molar refractivity (Wildman–Crippen MR) is 109 cm³/mol. The van der Waals surface area contributed by atoms with Gasteiger partial charge in [-0.1, -0.05) is 23.9 Å². The van der Waals surface area contributed by atoms with Crippen molar-refractivity contribution >= 4 is 17.7 Å². The minimum atomic E-state index is -0.584. The maximum absolute atomic E-state index is 12.0. The Hall–Kier alpha value is -3.14. The molecule has 0 amide bonds. The molecule has 0 radical (unpaired) electrons. The number of aromatic nitrogens is 5. The number of hydrogen-bond acceptors (Lipinski definition) is 7. The Morgan fingerprint density at radius 1 is 1.24 bits per heavy atom. The van der Waals surface area contributed by atoms with Crippen LogP contribution in [0.1, 0.15) is 30.9 Å². The molecule has 1 unspecified atom stereocenters. The van der Waals surface area contributed by atoms with Gasteiger partial charge in [-0.15, -0.1) is 10.2 Å². The van der Waals surface area contributed by atoms with Crippen LogP contribution in [0, 0.1) is 6.92 Å². The van der Waals surface area contributed by atoms with Crippen molar-refractivity contribution in [1.82, 2.24) is 24.7 Å². The van der Waals surface area contributed by atoms with Crippen molar-refractivity contribution in [3.05, 3.63) is 68.3 Å². The van der Waals surface area contributed by atoms with Crippen molar-refractivity contribution < 1.29 is 9.53 Å². The summed E-state index contributed by atoms with van der Waals surface area (Å²) < 4.78 is 6.89. The van der Waals surface area contributed by atoms with Gasteiger partial charge in [-0.3, -0.25) is 19.1 Å². The van der Waals surface area contributed by atoms with Crippen molar-refractivity contribution in [2.75, 3.05) is 6.61 Å². The lowest BCUT2D eigenvalue weighted by atomic mass is 10.2. The SMILES string of the molecule is CCOC(=O)C(C)Sc1nnc(Cc2cc(=O)[nH]c(=O)[nH]2)n1-c1cccc(C)c1. The van der Waals surface area contributed by atoms with E-state index in [1.807, 2.05) is 35.8 Å². The molecule has 152 valence electrons. The van der Waals surface area contributed by atoms with Gasteiger partial charge in [-0.25, -0.2) is 4.79 Å². The quantitative estimate of drug-likeness (QED) is 0.444. The molecular weight excluding hydrogens is 394 g/mol. The van der Waals surface area contributed by atoms with E-state index in [1.54, 1.807) is 13.8 Å². The Bertz CT molecular complexity index is 1110. The first-order valence-electron chi connectivity index (χ1n) is 9.04. The van der Waals surface area contributed by atoms with Gasteiger partial charge in [0, 0.05) is 23.9 Å². The van der Waals surface area contributed by atoms with Gasteiger partial charge < -0.3 is 9.72 Å². The lowest BCUT2D eigenvalue weighted by Gasteiger charge is -2.13. The lowest BCUT2D eigenvalue weighted by Crippen LogP contribution is -2.23. The van der Waals surface area contributed by atoms with Crippen LogP contribution in [0.3, 0.4) is 0 Å². The molecule has 3 aromatic rings. The van der Waals surface area contributed by atoms with E-state index in [4.69, 9.17) is 4.74 Å². The number of esters is 1. The van der Waals surface area contributed by atoms with Gasteiger partial charge in [0.05, 0.1) is 6.61 Å². The molecule has 2 N–H and O–H groups in total. The first kappa shape index (κ1) is 20.6. The number of rotatable bonds is 7. The van der Waals surface area contributed by atoms with E-state index in [1.165, 1.54) is 17.8 Å². The number of nitrogens with one attached hydrogen (secondary N) is 2. The van der Waals surface area contributed by atoms with Crippen LogP contribution < -0.4 is 11.2 Å². The fourth-order valence-electron chi connectivity index (χ4n) is 2.77. The van der Waals surface area contributed by atoms with Crippen LogP contribution >= 0.6 is 11.8 Å². The van der Waals surface area contributed by atoms with Crippen LogP contribution in [-0.4, -0.2) is 42.6 Å². The molecule has 2 heterocycles. The summed E-state index contributed by atoms with van der Waals surface area (Å²) in [6, 6.07) is 9.05. The number of benzene rings is 1. The van der Waals surface area contributed by atoms with Crippen LogP contribution in [0.5, 0.6) is 0 Å². The summed E-state index contributed by atoms with van der Waals surface area (Å²) in [5, 5.41) is 8.51. The summed E-state index contributed by atoms with van der Waals surface area (Å²) >= 11 is 1.23. The van der Waals surface area contributed by atoms with E-state index in [0.29, 0.717) is 23.3 Å². The van der Waals surface area contributed by atoms with Crippen LogP contribution in [0.25, 0.3) is 5.69 Å².